The number of alkyl halides is 3. The summed E-state index contributed by atoms with van der Waals surface area (Å²) in [5, 5.41) is 2.65. The molecular weight excluding hydrogens is 834 g/mol. The number of aromatic amines is 2. The zero-order valence-corrected chi connectivity index (χ0v) is 34.6. The number of ether oxygens (including phenoxy) is 2. The van der Waals surface area contributed by atoms with Gasteiger partial charge in [0.1, 0.15) is 17.7 Å². The monoisotopic (exact) mass is 876 g/mol. The Morgan fingerprint density at radius 3 is 2.02 bits per heavy atom. The number of carbonyl (C=O) groups excluding carboxylic acids is 4. The summed E-state index contributed by atoms with van der Waals surface area (Å²) < 4.78 is 53.9. The molecule has 2 aliphatic heterocycles. The maximum Gasteiger partial charge on any atom is 0.435 e. The number of methoxy groups -OCH3 is 1. The van der Waals surface area contributed by atoms with Crippen molar-refractivity contribution in [2.24, 2.45) is 5.73 Å². The molecule has 16 nitrogen and oxygen atoms in total. The highest BCUT2D eigenvalue weighted by molar-refractivity contribution is 5.89. The average molecular weight is 877 g/mol. The van der Waals surface area contributed by atoms with Gasteiger partial charge in [0.05, 0.1) is 36.8 Å². The van der Waals surface area contributed by atoms with Crippen LogP contribution < -0.4 is 11.1 Å². The van der Waals surface area contributed by atoms with Crippen molar-refractivity contribution in [1.82, 2.24) is 45.0 Å². The number of likely N-dealkylation sites (tertiary alicyclic amines) is 2. The number of hydrogen-bond acceptors (Lipinski definition) is 10. The number of alkyl carbamates (subject to hydrolysis) is 1. The number of nitrogens with one attached hydrogen (secondary N) is 3. The topological polar surface area (TPSA) is 214 Å². The molecule has 5 N–H and O–H groups in total. The van der Waals surface area contributed by atoms with Crippen molar-refractivity contribution in [3.05, 3.63) is 132 Å². The molecule has 0 saturated carbocycles. The van der Waals surface area contributed by atoms with Gasteiger partial charge in [-0.1, -0.05) is 84.9 Å². The fraction of sp³-hybridized carbons (Fsp3) is 0.289. The fourth-order valence-electron chi connectivity index (χ4n) is 8.36. The minimum Gasteiger partial charge on any atom is -0.453 e. The highest BCUT2D eigenvalue weighted by Gasteiger charge is 2.47. The lowest BCUT2D eigenvalue weighted by Crippen LogP contribution is -2.48. The number of nitrogens with zero attached hydrogens (tertiary/aromatic N) is 6. The van der Waals surface area contributed by atoms with Gasteiger partial charge in [0.15, 0.2) is 11.5 Å². The van der Waals surface area contributed by atoms with Crippen molar-refractivity contribution < 1.29 is 41.8 Å². The molecule has 2 unspecified atom stereocenters. The summed E-state index contributed by atoms with van der Waals surface area (Å²) in [4.78, 5) is 79.0. The molecule has 330 valence electrons. The molecule has 64 heavy (non-hydrogen) atoms. The third-order valence-electron chi connectivity index (χ3n) is 11.5. The van der Waals surface area contributed by atoms with Crippen LogP contribution in [0.1, 0.15) is 79.2 Å². The number of amides is 4. The molecular formula is C45H43F3N10O6. The summed E-state index contributed by atoms with van der Waals surface area (Å²) in [5.74, 6) is -0.141. The third kappa shape index (κ3) is 8.60. The molecule has 5 heterocycles. The summed E-state index contributed by atoms with van der Waals surface area (Å²) in [6.07, 6.45) is 0.211. The van der Waals surface area contributed by atoms with Crippen LogP contribution in [0.15, 0.2) is 104 Å². The number of H-pyrrole nitrogens is 2. The Morgan fingerprint density at radius 2 is 1.39 bits per heavy atom. The third-order valence-corrected chi connectivity index (χ3v) is 11.5. The van der Waals surface area contributed by atoms with Gasteiger partial charge < -0.3 is 40.3 Å². The molecule has 0 radical (unpaired) electrons. The highest BCUT2D eigenvalue weighted by Crippen LogP contribution is 2.42. The Morgan fingerprint density at radius 1 is 0.781 bits per heavy atom. The Kier molecular flexibility index (Phi) is 11.9. The maximum atomic E-state index is 14.6. The minimum atomic E-state index is -4.84. The van der Waals surface area contributed by atoms with Gasteiger partial charge >= 0.3 is 18.4 Å². The van der Waals surface area contributed by atoms with Crippen LogP contribution >= 0.6 is 0 Å². The first kappa shape index (κ1) is 43.1. The van der Waals surface area contributed by atoms with Crippen LogP contribution in [0.25, 0.3) is 33.9 Å². The van der Waals surface area contributed by atoms with Gasteiger partial charge in [-0.05, 0) is 38.2 Å². The van der Waals surface area contributed by atoms with E-state index in [0.29, 0.717) is 65.4 Å². The normalized spacial score (nSPS) is 17.7. The Hall–Kier alpha value is -7.57. The first-order valence-corrected chi connectivity index (χ1v) is 20.5. The minimum absolute atomic E-state index is 0.0631. The number of imidazole rings is 2. The molecule has 3 aromatic carbocycles. The zero-order chi connectivity index (χ0) is 45.2. The predicted octanol–water partition coefficient (Wildman–Crippen LogP) is 7.38. The van der Waals surface area contributed by atoms with Gasteiger partial charge in [-0.25, -0.2) is 29.5 Å². The van der Waals surface area contributed by atoms with Crippen molar-refractivity contribution in [2.45, 2.75) is 62.5 Å². The van der Waals surface area contributed by atoms with Crippen LogP contribution in [0.5, 0.6) is 0 Å². The second-order valence-electron chi connectivity index (χ2n) is 15.5. The second kappa shape index (κ2) is 17.7. The summed E-state index contributed by atoms with van der Waals surface area (Å²) in [7, 11) is 1.23. The second-order valence-corrected chi connectivity index (χ2v) is 15.5. The van der Waals surface area contributed by atoms with E-state index >= 15 is 0 Å². The van der Waals surface area contributed by atoms with Crippen molar-refractivity contribution in [3.8, 4) is 33.9 Å². The molecule has 6 aromatic rings. The van der Waals surface area contributed by atoms with E-state index in [-0.39, 0.29) is 35.6 Å². The average Bonchev–Trinajstić information content (AvgIpc) is 4.15. The number of carbonyl (C=O) groups is 4. The molecule has 8 rings (SSSR count). The van der Waals surface area contributed by atoms with Gasteiger partial charge in [0.2, 0.25) is 5.60 Å². The van der Waals surface area contributed by atoms with Crippen molar-refractivity contribution in [3.63, 3.8) is 0 Å². The molecule has 0 bridgehead atoms. The molecule has 3 aromatic heterocycles. The number of aromatic nitrogens is 6. The number of rotatable bonds is 11. The van der Waals surface area contributed by atoms with Gasteiger partial charge in [-0.2, -0.15) is 13.2 Å². The van der Waals surface area contributed by atoms with Crippen molar-refractivity contribution in [2.75, 3.05) is 20.2 Å². The van der Waals surface area contributed by atoms with E-state index in [0.717, 1.165) is 6.42 Å². The van der Waals surface area contributed by atoms with E-state index in [1.165, 1.54) is 31.1 Å². The number of hydrogen-bond donors (Lipinski definition) is 4. The SMILES string of the molecule is COC(=O)NC(C(=O)N1CCCC1c1ncc(-c2cnc(-c3ccc(-c4[nH]c([C@@H]5CCCN5C(=O)[C@](C)(OC(N)=O)c5ccccc5)nc4C(F)(F)F)cc3)nc2)[nH]1)c1ccccc1. The van der Waals surface area contributed by atoms with Gasteiger partial charge in [-0.15, -0.1) is 0 Å². The van der Waals surface area contributed by atoms with E-state index in [4.69, 9.17) is 15.2 Å². The molecule has 19 heteroatoms. The highest BCUT2D eigenvalue weighted by atomic mass is 19.4. The Labute approximate surface area is 364 Å². The maximum absolute atomic E-state index is 14.6. The summed E-state index contributed by atoms with van der Waals surface area (Å²) in [5.41, 5.74) is 4.99. The standard InChI is InChI=1S/C45H43F3N10O6/c1-44(64-42(49)61,30-13-7-4-8-14-30)41(60)58-22-10-16-33(58)39-54-34(36(56-39)45(46,47)48)27-17-19-28(20-18-27)37-50-23-29(24-51-37)31-25-52-38(53-31)32-15-9-21-57(32)40(59)35(55-43(62)63-2)26-11-5-3-6-12-26/h3-8,11-14,17-20,23-25,32-33,35H,9-10,15-16,21-22H2,1-2H3,(H2,49,61)(H,52,53)(H,54,56)(H,55,62)/t32?,33-,35?,44+/m0/s1. The molecule has 2 aliphatic rings. The molecule has 2 saturated heterocycles. The summed E-state index contributed by atoms with van der Waals surface area (Å²) in [6, 6.07) is 21.2. The molecule has 0 spiro atoms. The Balaban J connectivity index is 0.990. The lowest BCUT2D eigenvalue weighted by Gasteiger charge is -2.34. The quantitative estimate of drug-likeness (QED) is 0.101. The molecule has 4 amide bonds. The summed E-state index contributed by atoms with van der Waals surface area (Å²) >= 11 is 0. The van der Waals surface area contributed by atoms with Crippen LogP contribution in [0.3, 0.4) is 0 Å². The number of halogens is 3. The van der Waals surface area contributed by atoms with E-state index in [9.17, 15) is 32.3 Å². The van der Waals surface area contributed by atoms with Crippen LogP contribution in [-0.2, 0) is 30.8 Å². The van der Waals surface area contributed by atoms with E-state index in [1.54, 1.807) is 90.2 Å². The first-order chi connectivity index (χ1) is 30.7. The van der Waals surface area contributed by atoms with Gasteiger partial charge in [0, 0.05) is 47.7 Å². The number of benzene rings is 3. The van der Waals surface area contributed by atoms with Crippen LogP contribution in [0.4, 0.5) is 22.8 Å². The largest absolute Gasteiger partial charge is 0.453 e. The molecule has 2 fully saturated rings. The van der Waals surface area contributed by atoms with E-state index < -0.39 is 47.6 Å². The van der Waals surface area contributed by atoms with Crippen LogP contribution in [0, 0.1) is 0 Å². The van der Waals surface area contributed by atoms with E-state index in [1.807, 2.05) is 6.07 Å². The lowest BCUT2D eigenvalue weighted by atomic mass is 9.93. The lowest BCUT2D eigenvalue weighted by molar-refractivity contribution is -0.151. The number of nitrogens with two attached hydrogens (primary N) is 1. The van der Waals surface area contributed by atoms with Crippen LogP contribution in [0.2, 0.25) is 0 Å². The number of primary amides is 1. The van der Waals surface area contributed by atoms with Crippen molar-refractivity contribution >= 4 is 24.0 Å². The molecule has 4 atom stereocenters. The predicted molar refractivity (Wildman–Crippen MR) is 224 cm³/mol. The zero-order valence-electron chi connectivity index (χ0n) is 34.6. The van der Waals surface area contributed by atoms with Crippen LogP contribution in [-0.4, -0.2) is 83.9 Å². The first-order valence-electron chi connectivity index (χ1n) is 20.5. The van der Waals surface area contributed by atoms with E-state index in [2.05, 4.69) is 35.2 Å². The van der Waals surface area contributed by atoms with Gasteiger partial charge in [0.25, 0.3) is 11.8 Å². The smallest absolute Gasteiger partial charge is 0.435 e. The summed E-state index contributed by atoms with van der Waals surface area (Å²) in [6.45, 7) is 2.05. The fourth-order valence-corrected chi connectivity index (χ4v) is 8.36. The van der Waals surface area contributed by atoms with Crippen molar-refractivity contribution in [1.29, 1.82) is 0 Å². The van der Waals surface area contributed by atoms with Gasteiger partial charge in [-0.3, -0.25) is 9.59 Å². The molecule has 0 aliphatic carbocycles. The Bertz CT molecular complexity index is 2640.